The minimum absolute atomic E-state index is 0.287. The van der Waals surface area contributed by atoms with Gasteiger partial charge in [0, 0.05) is 17.9 Å². The summed E-state index contributed by atoms with van der Waals surface area (Å²) in [6, 6.07) is 4.55. The first-order valence-corrected chi connectivity index (χ1v) is 5.88. The number of unbranched alkanes of at least 4 members (excludes halogenated alkanes) is 1. The number of halogens is 1. The first-order valence-electron chi connectivity index (χ1n) is 5.88. The van der Waals surface area contributed by atoms with Crippen LogP contribution in [0.25, 0.3) is 0 Å². The minimum atomic E-state index is -0.287. The second kappa shape index (κ2) is 6.36. The van der Waals surface area contributed by atoms with Gasteiger partial charge in [0.2, 0.25) is 0 Å². The molecule has 0 unspecified atom stereocenters. The Kier molecular flexibility index (Phi) is 5.09. The molecule has 0 atom stereocenters. The maximum Gasteiger partial charge on any atom is 0.127 e. The summed E-state index contributed by atoms with van der Waals surface area (Å²) in [4.78, 5) is 0. The Hall–Kier alpha value is -1.25. The molecule has 0 heterocycles. The Bertz CT molecular complexity index is 303. The molecule has 3 N–H and O–H groups in total. The summed E-state index contributed by atoms with van der Waals surface area (Å²) in [5.41, 5.74) is 6.78. The number of benzene rings is 1. The monoisotopic (exact) mass is 224 g/mol. The lowest BCUT2D eigenvalue weighted by Gasteiger charge is -2.08. The molecule has 0 bridgehead atoms. The van der Waals surface area contributed by atoms with E-state index in [1.165, 1.54) is 25.0 Å². The van der Waals surface area contributed by atoms with E-state index in [4.69, 9.17) is 5.73 Å². The van der Waals surface area contributed by atoms with Crippen LogP contribution >= 0.6 is 0 Å². The average molecular weight is 224 g/mol. The molecule has 0 aliphatic rings. The Morgan fingerprint density at radius 2 is 2.00 bits per heavy atom. The van der Waals surface area contributed by atoms with Gasteiger partial charge >= 0.3 is 0 Å². The molecular weight excluding hydrogens is 203 g/mol. The number of nitrogen functional groups attached to an aromatic ring is 1. The second-order valence-corrected chi connectivity index (χ2v) is 4.59. The van der Waals surface area contributed by atoms with E-state index < -0.39 is 0 Å². The van der Waals surface area contributed by atoms with Crippen molar-refractivity contribution in [2.24, 2.45) is 5.92 Å². The molecule has 1 aromatic rings. The van der Waals surface area contributed by atoms with Crippen molar-refractivity contribution in [2.45, 2.75) is 33.1 Å². The molecule has 1 aromatic carbocycles. The Balaban J connectivity index is 2.26. The smallest absolute Gasteiger partial charge is 0.127 e. The summed E-state index contributed by atoms with van der Waals surface area (Å²) >= 11 is 0. The number of nitrogens with two attached hydrogens (primary N) is 1. The summed E-state index contributed by atoms with van der Waals surface area (Å²) in [6.45, 7) is 5.32. The molecule has 90 valence electrons. The van der Waals surface area contributed by atoms with Gasteiger partial charge in [-0.1, -0.05) is 26.7 Å². The Morgan fingerprint density at radius 1 is 1.25 bits per heavy atom. The zero-order valence-electron chi connectivity index (χ0n) is 10.1. The fourth-order valence-electron chi connectivity index (χ4n) is 1.62. The van der Waals surface area contributed by atoms with Gasteiger partial charge in [0.15, 0.2) is 0 Å². The van der Waals surface area contributed by atoms with E-state index in [1.807, 2.05) is 0 Å². The molecule has 2 nitrogen and oxygen atoms in total. The molecule has 0 amide bonds. The van der Waals surface area contributed by atoms with Crippen LogP contribution in [0.2, 0.25) is 0 Å². The van der Waals surface area contributed by atoms with E-state index in [-0.39, 0.29) is 5.82 Å². The average Bonchev–Trinajstić information content (AvgIpc) is 2.15. The summed E-state index contributed by atoms with van der Waals surface area (Å²) in [5.74, 6) is 0.467. The molecule has 3 heteroatoms. The first-order chi connectivity index (χ1) is 7.58. The summed E-state index contributed by atoms with van der Waals surface area (Å²) < 4.78 is 13.0. The zero-order chi connectivity index (χ0) is 12.0. The van der Waals surface area contributed by atoms with Gasteiger partial charge in [0.1, 0.15) is 5.82 Å². The number of hydrogen-bond acceptors (Lipinski definition) is 2. The number of hydrogen-bond donors (Lipinski definition) is 2. The fraction of sp³-hybridized carbons (Fsp3) is 0.538. The van der Waals surface area contributed by atoms with E-state index in [0.29, 0.717) is 5.69 Å². The summed E-state index contributed by atoms with van der Waals surface area (Å²) in [6.07, 6.45) is 3.55. The van der Waals surface area contributed by atoms with Crippen LogP contribution < -0.4 is 11.1 Å². The van der Waals surface area contributed by atoms with Crippen molar-refractivity contribution in [2.75, 3.05) is 17.6 Å². The molecule has 0 saturated carbocycles. The highest BCUT2D eigenvalue weighted by Gasteiger charge is 1.98. The van der Waals surface area contributed by atoms with Crippen molar-refractivity contribution in [3.05, 3.63) is 24.0 Å². The van der Waals surface area contributed by atoms with Gasteiger partial charge in [0.05, 0.1) is 0 Å². The molecule has 1 rings (SSSR count). The third-order valence-electron chi connectivity index (χ3n) is 2.46. The van der Waals surface area contributed by atoms with Gasteiger partial charge < -0.3 is 11.1 Å². The quantitative estimate of drug-likeness (QED) is 0.572. The van der Waals surface area contributed by atoms with Crippen LogP contribution in [0.5, 0.6) is 0 Å². The van der Waals surface area contributed by atoms with Crippen LogP contribution in [0, 0.1) is 11.7 Å². The topological polar surface area (TPSA) is 38.0 Å². The van der Waals surface area contributed by atoms with E-state index in [1.54, 1.807) is 6.07 Å². The summed E-state index contributed by atoms with van der Waals surface area (Å²) in [7, 11) is 0. The molecule has 0 saturated heterocycles. The normalized spacial score (nSPS) is 10.8. The summed E-state index contributed by atoms with van der Waals surface area (Å²) in [5, 5.41) is 3.18. The van der Waals surface area contributed by atoms with Gasteiger partial charge in [-0.15, -0.1) is 0 Å². The number of nitrogens with one attached hydrogen (secondary N) is 1. The van der Waals surface area contributed by atoms with Crippen LogP contribution in [-0.2, 0) is 0 Å². The first kappa shape index (κ1) is 12.8. The van der Waals surface area contributed by atoms with Gasteiger partial charge in [-0.25, -0.2) is 4.39 Å². The van der Waals surface area contributed by atoms with Crippen LogP contribution in [0.1, 0.15) is 33.1 Å². The Labute approximate surface area is 97.0 Å². The van der Waals surface area contributed by atoms with E-state index in [9.17, 15) is 4.39 Å². The highest BCUT2D eigenvalue weighted by molar-refractivity contribution is 5.54. The molecule has 0 aliphatic heterocycles. The SMILES string of the molecule is CC(C)CCCCNc1cc(N)cc(F)c1. The van der Waals surface area contributed by atoms with Crippen molar-refractivity contribution >= 4 is 11.4 Å². The molecule has 0 spiro atoms. The molecule has 0 radical (unpaired) electrons. The van der Waals surface area contributed by atoms with E-state index in [0.717, 1.165) is 24.6 Å². The Morgan fingerprint density at radius 3 is 2.62 bits per heavy atom. The predicted octanol–water partition coefficient (Wildman–Crippen LogP) is 3.65. The van der Waals surface area contributed by atoms with E-state index >= 15 is 0 Å². The van der Waals surface area contributed by atoms with Crippen LogP contribution in [0.3, 0.4) is 0 Å². The lowest BCUT2D eigenvalue weighted by Crippen LogP contribution is -2.03. The number of anilines is 2. The number of rotatable bonds is 6. The van der Waals surface area contributed by atoms with Crippen LogP contribution in [-0.4, -0.2) is 6.54 Å². The minimum Gasteiger partial charge on any atom is -0.399 e. The zero-order valence-corrected chi connectivity index (χ0v) is 10.1. The molecular formula is C13H21FN2. The van der Waals surface area contributed by atoms with Crippen molar-refractivity contribution in [3.8, 4) is 0 Å². The lowest BCUT2D eigenvalue weighted by atomic mass is 10.1. The van der Waals surface area contributed by atoms with Crippen molar-refractivity contribution in [3.63, 3.8) is 0 Å². The van der Waals surface area contributed by atoms with Crippen molar-refractivity contribution in [1.29, 1.82) is 0 Å². The molecule has 0 aliphatic carbocycles. The van der Waals surface area contributed by atoms with Crippen molar-refractivity contribution in [1.82, 2.24) is 0 Å². The maximum atomic E-state index is 13.0. The molecule has 0 fully saturated rings. The lowest BCUT2D eigenvalue weighted by molar-refractivity contribution is 0.545. The van der Waals surface area contributed by atoms with Gasteiger partial charge in [-0.05, 0) is 30.5 Å². The van der Waals surface area contributed by atoms with Crippen molar-refractivity contribution < 1.29 is 4.39 Å². The van der Waals surface area contributed by atoms with Crippen LogP contribution in [0.15, 0.2) is 18.2 Å². The third-order valence-corrected chi connectivity index (χ3v) is 2.46. The van der Waals surface area contributed by atoms with Gasteiger partial charge in [-0.2, -0.15) is 0 Å². The molecule has 16 heavy (non-hydrogen) atoms. The standard InChI is InChI=1S/C13H21FN2/c1-10(2)5-3-4-6-16-13-8-11(14)7-12(15)9-13/h7-10,16H,3-6,15H2,1-2H3. The third kappa shape index (κ3) is 5.01. The second-order valence-electron chi connectivity index (χ2n) is 4.59. The fourth-order valence-corrected chi connectivity index (χ4v) is 1.62. The maximum absolute atomic E-state index is 13.0. The molecule has 0 aromatic heterocycles. The van der Waals surface area contributed by atoms with Gasteiger partial charge in [0.25, 0.3) is 0 Å². The van der Waals surface area contributed by atoms with Gasteiger partial charge in [-0.3, -0.25) is 0 Å². The highest BCUT2D eigenvalue weighted by atomic mass is 19.1. The largest absolute Gasteiger partial charge is 0.399 e. The predicted molar refractivity (Wildman–Crippen MR) is 68.0 cm³/mol. The highest BCUT2D eigenvalue weighted by Crippen LogP contribution is 2.15. The van der Waals surface area contributed by atoms with Crippen LogP contribution in [0.4, 0.5) is 15.8 Å². The van der Waals surface area contributed by atoms with E-state index in [2.05, 4.69) is 19.2 Å².